The van der Waals surface area contributed by atoms with Crippen molar-refractivity contribution in [3.05, 3.63) is 0 Å². The molecule has 21 heteroatoms. The number of alkyl carbamates (subject to hydrolysis) is 1. The normalized spacial score (nSPS) is 12.2. The zero-order valence-corrected chi connectivity index (χ0v) is 28.3. The molecule has 0 aliphatic heterocycles. The van der Waals surface area contributed by atoms with Gasteiger partial charge in [-0.05, 0) is 0 Å². The zero-order valence-electron chi connectivity index (χ0n) is 21.0. The second-order valence-corrected chi connectivity index (χ2v) is 17.2. The van der Waals surface area contributed by atoms with E-state index in [0.717, 1.165) is 20.3 Å². The molecule has 4 N–H and O–H groups in total. The van der Waals surface area contributed by atoms with Gasteiger partial charge in [-0.3, -0.25) is 14.0 Å². The van der Waals surface area contributed by atoms with Crippen molar-refractivity contribution in [3.8, 4) is 0 Å². The van der Waals surface area contributed by atoms with E-state index < -0.39 is 16.9 Å². The maximum absolute atomic E-state index is 11.9. The van der Waals surface area contributed by atoms with Crippen molar-refractivity contribution >= 4 is 128 Å². The monoisotopic (exact) mass is 722 g/mol. The molecule has 0 rings (SSSR count). The molecule has 12 nitrogen and oxygen atoms in total. The molecule has 1 unspecified atom stereocenters. The number of aliphatic hydroxyl groups is 2. The minimum absolute atomic E-state index is 0.0194. The summed E-state index contributed by atoms with van der Waals surface area (Å²) in [5.74, 6) is 1.96. The lowest BCUT2D eigenvalue weighted by molar-refractivity contribution is -0.221. The number of aliphatic hydroxyl groups excluding tert-OH is 2. The molecule has 228 valence electrons. The molecule has 0 saturated heterocycles. The SMILES string of the molecule is O=C(NCSCSC/N=C\S(=O)CSCSCSCSC(=O)NCSCSC/N=C/OOCCO)OCCO. The number of carbonyl (C=O) groups is 2. The average molecular weight is 723 g/mol. The van der Waals surface area contributed by atoms with Gasteiger partial charge in [0.2, 0.25) is 6.40 Å². The summed E-state index contributed by atoms with van der Waals surface area (Å²) in [5, 5.41) is 26.7. The van der Waals surface area contributed by atoms with Crippen LogP contribution >= 0.6 is 94.1 Å². The van der Waals surface area contributed by atoms with E-state index in [0.29, 0.717) is 33.7 Å². The third-order valence-corrected chi connectivity index (χ3v) is 13.2. The van der Waals surface area contributed by atoms with Gasteiger partial charge in [-0.2, -0.15) is 4.89 Å². The zero-order chi connectivity index (χ0) is 28.7. The molecule has 2 amide bonds. The molecule has 39 heavy (non-hydrogen) atoms. The third-order valence-electron chi connectivity index (χ3n) is 2.99. The summed E-state index contributed by atoms with van der Waals surface area (Å²) in [5.41, 5.74) is 1.47. The quantitative estimate of drug-likeness (QED) is 0.0242. The van der Waals surface area contributed by atoms with Crippen LogP contribution in [-0.2, 0) is 25.3 Å². The van der Waals surface area contributed by atoms with Crippen LogP contribution < -0.4 is 10.6 Å². The molecular weight excluding hydrogens is 689 g/mol. The summed E-state index contributed by atoms with van der Waals surface area (Å²) in [7, 11) is -1.11. The maximum atomic E-state index is 11.9. The fourth-order valence-corrected chi connectivity index (χ4v) is 10.4. The number of hydrogen-bond donors (Lipinski definition) is 4. The highest BCUT2D eigenvalue weighted by Gasteiger charge is 2.03. The minimum atomic E-state index is -1.11. The largest absolute Gasteiger partial charge is 0.447 e. The molecule has 0 heterocycles. The van der Waals surface area contributed by atoms with Gasteiger partial charge in [0.15, 0.2) is 0 Å². The molecule has 0 radical (unpaired) electrons. The molecule has 0 aromatic heterocycles. The Bertz CT molecular complexity index is 686. The van der Waals surface area contributed by atoms with Crippen molar-refractivity contribution in [2.75, 3.05) is 80.4 Å². The highest BCUT2D eigenvalue weighted by atomic mass is 32.3. The Morgan fingerprint density at radius 3 is 2.18 bits per heavy atom. The molecule has 1 atom stereocenters. The van der Waals surface area contributed by atoms with Crippen molar-refractivity contribution in [3.63, 3.8) is 0 Å². The van der Waals surface area contributed by atoms with Crippen molar-refractivity contribution in [2.24, 2.45) is 9.98 Å². The van der Waals surface area contributed by atoms with Gasteiger partial charge in [0.05, 0.1) is 58.2 Å². The van der Waals surface area contributed by atoms with Crippen LogP contribution in [0.25, 0.3) is 0 Å². The van der Waals surface area contributed by atoms with Gasteiger partial charge in [0.25, 0.3) is 5.24 Å². The third kappa shape index (κ3) is 33.1. The number of ether oxygens (including phenoxy) is 1. The second-order valence-electron chi connectivity index (χ2n) is 5.93. The lowest BCUT2D eigenvalue weighted by Gasteiger charge is -2.05. The van der Waals surface area contributed by atoms with Crippen molar-refractivity contribution < 1.29 is 38.5 Å². The fourth-order valence-electron chi connectivity index (χ4n) is 1.56. The predicted octanol–water partition coefficient (Wildman–Crippen LogP) is 3.60. The number of nitrogens with one attached hydrogen (secondary N) is 2. The first-order valence-electron chi connectivity index (χ1n) is 10.8. The summed E-state index contributed by atoms with van der Waals surface area (Å²) in [6.45, 7) is -0.229. The Kier molecular flexibility index (Phi) is 33.8. The molecular formula is C18H34N4O8S9. The van der Waals surface area contributed by atoms with E-state index in [4.69, 9.17) is 10.2 Å². The number of amides is 2. The summed E-state index contributed by atoms with van der Waals surface area (Å²) >= 11 is 12.5. The fraction of sp³-hybridized carbons (Fsp3) is 0.778. The summed E-state index contributed by atoms with van der Waals surface area (Å²) in [6.07, 6.45) is 0.635. The molecule has 0 bridgehead atoms. The van der Waals surface area contributed by atoms with Crippen molar-refractivity contribution in [1.29, 1.82) is 0 Å². The van der Waals surface area contributed by atoms with E-state index >= 15 is 0 Å². The van der Waals surface area contributed by atoms with Crippen LogP contribution in [0, 0.1) is 0 Å². The van der Waals surface area contributed by atoms with E-state index in [9.17, 15) is 13.8 Å². The standard InChI is InChI=1S/C18H34N4O8S9/c23-1-3-28-17(25)21-8-33-12-32-7-20-10-39(27)16-37-14-35-13-36-15-38-18(26)22-9-34-11-31-6-19-5-30-29-4-2-24/h5,10,23-24H,1-4,6-9,11-16H2,(H,21,25)(H,22,26)/b19-5+,20-10-. The molecule has 0 saturated carbocycles. The van der Waals surface area contributed by atoms with Crippen LogP contribution in [0.1, 0.15) is 0 Å². The molecule has 0 spiro atoms. The van der Waals surface area contributed by atoms with Crippen molar-refractivity contribution in [2.45, 2.75) is 0 Å². The van der Waals surface area contributed by atoms with Gasteiger partial charge in [-0.25, -0.2) is 9.79 Å². The van der Waals surface area contributed by atoms with Crippen LogP contribution in [0.5, 0.6) is 0 Å². The Morgan fingerprint density at radius 1 is 0.795 bits per heavy atom. The molecule has 0 aliphatic rings. The lowest BCUT2D eigenvalue weighted by atomic mass is 10.8. The maximum Gasteiger partial charge on any atom is 0.407 e. The van der Waals surface area contributed by atoms with Gasteiger partial charge in [-0.1, -0.05) is 11.8 Å². The van der Waals surface area contributed by atoms with Crippen LogP contribution in [0.4, 0.5) is 9.59 Å². The van der Waals surface area contributed by atoms with Crippen LogP contribution in [0.2, 0.25) is 0 Å². The summed E-state index contributed by atoms with van der Waals surface area (Å²) in [4.78, 5) is 40.2. The van der Waals surface area contributed by atoms with Gasteiger partial charge < -0.3 is 30.5 Å². The van der Waals surface area contributed by atoms with Gasteiger partial charge in [0, 0.05) is 25.4 Å². The van der Waals surface area contributed by atoms with E-state index in [-0.39, 0.29) is 31.7 Å². The Hall–Kier alpha value is 0.710. The molecule has 0 aromatic rings. The Labute approximate surface area is 265 Å². The van der Waals surface area contributed by atoms with Gasteiger partial charge in [0.1, 0.15) is 13.2 Å². The number of hydrogen-bond acceptors (Lipinski definition) is 18. The van der Waals surface area contributed by atoms with E-state index in [2.05, 4.69) is 35.1 Å². The highest BCUT2D eigenvalue weighted by Crippen LogP contribution is 2.22. The first-order chi connectivity index (χ1) is 19.1. The lowest BCUT2D eigenvalue weighted by Crippen LogP contribution is -2.24. The van der Waals surface area contributed by atoms with Crippen LogP contribution in [0.3, 0.4) is 0 Å². The minimum Gasteiger partial charge on any atom is -0.447 e. The molecule has 0 fully saturated rings. The predicted molar refractivity (Wildman–Crippen MR) is 179 cm³/mol. The highest BCUT2D eigenvalue weighted by molar-refractivity contribution is 8.29. The summed E-state index contributed by atoms with van der Waals surface area (Å²) in [6, 6.07) is 0. The van der Waals surface area contributed by atoms with E-state index in [1.165, 1.54) is 35.5 Å². The number of rotatable bonds is 27. The smallest absolute Gasteiger partial charge is 0.407 e. The number of aliphatic imine (C=N–C) groups is 2. The first-order valence-corrected chi connectivity index (χ1v) is 21.3. The summed E-state index contributed by atoms with van der Waals surface area (Å²) < 4.78 is 16.6. The van der Waals surface area contributed by atoms with Crippen LogP contribution in [-0.4, -0.2) is 118 Å². The van der Waals surface area contributed by atoms with E-state index in [1.54, 1.807) is 70.6 Å². The number of carbonyl (C=O) groups excluding carboxylic acids is 2. The van der Waals surface area contributed by atoms with E-state index in [1.807, 2.05) is 0 Å². The number of thioether (sulfide) groups is 8. The van der Waals surface area contributed by atoms with Gasteiger partial charge in [-0.15, -0.1) is 82.3 Å². The van der Waals surface area contributed by atoms with Crippen LogP contribution in [0.15, 0.2) is 9.98 Å². The Balaban J connectivity index is 3.39. The average Bonchev–Trinajstić information content (AvgIpc) is 2.93. The van der Waals surface area contributed by atoms with Gasteiger partial charge >= 0.3 is 6.09 Å². The second kappa shape index (κ2) is 33.2. The number of nitrogens with zero attached hydrogens (tertiary/aromatic N) is 2. The molecule has 0 aliphatic carbocycles. The molecule has 0 aromatic carbocycles. The van der Waals surface area contributed by atoms with Crippen molar-refractivity contribution in [1.82, 2.24) is 10.6 Å². The Morgan fingerprint density at radius 2 is 1.44 bits per heavy atom. The topological polar surface area (TPSA) is 168 Å². The first kappa shape index (κ1) is 39.7.